The third-order valence-corrected chi connectivity index (χ3v) is 1.94. The van der Waals surface area contributed by atoms with E-state index < -0.39 is 12.0 Å². The van der Waals surface area contributed by atoms with Crippen molar-refractivity contribution in [3.05, 3.63) is 35.9 Å². The summed E-state index contributed by atoms with van der Waals surface area (Å²) in [6.45, 7) is 0.614. The Hall–Kier alpha value is -1.39. The molecule has 0 aliphatic carbocycles. The monoisotopic (exact) mass is 209 g/mol. The molecule has 1 atom stereocenters. The van der Waals surface area contributed by atoms with Gasteiger partial charge in [-0.1, -0.05) is 30.3 Å². The van der Waals surface area contributed by atoms with Gasteiger partial charge in [-0.25, -0.2) is 4.79 Å². The summed E-state index contributed by atoms with van der Waals surface area (Å²) < 4.78 is 9.67. The molecule has 1 aromatic carbocycles. The van der Waals surface area contributed by atoms with Gasteiger partial charge in [0.05, 0.1) is 6.61 Å². The van der Waals surface area contributed by atoms with Crippen molar-refractivity contribution in [2.75, 3.05) is 20.3 Å². The second-order valence-corrected chi connectivity index (χ2v) is 3.05. The van der Waals surface area contributed by atoms with Crippen molar-refractivity contribution in [2.24, 2.45) is 5.73 Å². The second kappa shape index (κ2) is 6.16. The summed E-state index contributed by atoms with van der Waals surface area (Å²) in [5.74, 6) is -0.432. The highest BCUT2D eigenvalue weighted by Gasteiger charge is 2.16. The summed E-state index contributed by atoms with van der Waals surface area (Å²) in [6.07, 6.45) is 0. The number of hydrogen-bond donors (Lipinski definition) is 1. The van der Waals surface area contributed by atoms with E-state index >= 15 is 0 Å². The third-order valence-electron chi connectivity index (χ3n) is 1.94. The number of hydrogen-bond acceptors (Lipinski definition) is 4. The highest BCUT2D eigenvalue weighted by molar-refractivity contribution is 5.77. The number of esters is 1. The van der Waals surface area contributed by atoms with Crippen molar-refractivity contribution in [2.45, 2.75) is 6.04 Å². The summed E-state index contributed by atoms with van der Waals surface area (Å²) in [5, 5.41) is 0. The van der Waals surface area contributed by atoms with Gasteiger partial charge >= 0.3 is 5.97 Å². The Kier molecular flexibility index (Phi) is 4.80. The number of rotatable bonds is 5. The zero-order chi connectivity index (χ0) is 11.1. The maximum atomic E-state index is 11.4. The number of benzene rings is 1. The Morgan fingerprint density at radius 3 is 2.60 bits per heavy atom. The SMILES string of the molecule is COCCOC(=O)[C@@H](N)c1ccccc1. The number of ether oxygens (including phenoxy) is 2. The Balaban J connectivity index is 2.46. The first-order chi connectivity index (χ1) is 7.25. The van der Waals surface area contributed by atoms with Crippen molar-refractivity contribution in [1.82, 2.24) is 0 Å². The quantitative estimate of drug-likeness (QED) is 0.577. The minimum atomic E-state index is -0.719. The van der Waals surface area contributed by atoms with Gasteiger partial charge in [-0.2, -0.15) is 0 Å². The van der Waals surface area contributed by atoms with E-state index in [1.165, 1.54) is 0 Å². The minimum Gasteiger partial charge on any atom is -0.462 e. The molecule has 0 bridgehead atoms. The third kappa shape index (κ3) is 3.69. The molecule has 0 unspecified atom stereocenters. The normalized spacial score (nSPS) is 12.1. The molecule has 0 radical (unpaired) electrons. The molecule has 0 saturated carbocycles. The lowest BCUT2D eigenvalue weighted by atomic mass is 10.1. The standard InChI is InChI=1S/C11H15NO3/c1-14-7-8-15-11(13)10(12)9-5-3-2-4-6-9/h2-6,10H,7-8,12H2,1H3/t10-/m0/s1. The molecule has 0 spiro atoms. The highest BCUT2D eigenvalue weighted by atomic mass is 16.6. The van der Waals surface area contributed by atoms with E-state index in [0.29, 0.717) is 6.61 Å². The van der Waals surface area contributed by atoms with Crippen molar-refractivity contribution in [3.63, 3.8) is 0 Å². The first-order valence-corrected chi connectivity index (χ1v) is 4.72. The van der Waals surface area contributed by atoms with E-state index in [2.05, 4.69) is 0 Å². The maximum absolute atomic E-state index is 11.4. The first kappa shape index (κ1) is 11.7. The zero-order valence-electron chi connectivity index (χ0n) is 8.68. The Morgan fingerprint density at radius 1 is 1.33 bits per heavy atom. The lowest BCUT2D eigenvalue weighted by Gasteiger charge is -2.11. The van der Waals surface area contributed by atoms with E-state index in [1.807, 2.05) is 18.2 Å². The van der Waals surface area contributed by atoms with Crippen molar-refractivity contribution in [3.8, 4) is 0 Å². The zero-order valence-corrected chi connectivity index (χ0v) is 8.68. The molecule has 0 aliphatic rings. The molecule has 4 nitrogen and oxygen atoms in total. The van der Waals surface area contributed by atoms with Crippen molar-refractivity contribution in [1.29, 1.82) is 0 Å². The molecule has 0 aliphatic heterocycles. The molecule has 0 saturated heterocycles. The Bertz CT molecular complexity index is 300. The molecule has 1 rings (SSSR count). The van der Waals surface area contributed by atoms with Crippen molar-refractivity contribution < 1.29 is 14.3 Å². The average Bonchev–Trinajstić information content (AvgIpc) is 2.29. The fourth-order valence-electron chi connectivity index (χ4n) is 1.11. The molecule has 4 heteroatoms. The molecule has 0 heterocycles. The van der Waals surface area contributed by atoms with Crippen LogP contribution in [0.15, 0.2) is 30.3 Å². The predicted molar refractivity (Wildman–Crippen MR) is 56.2 cm³/mol. The summed E-state index contributed by atoms with van der Waals surface area (Å²) in [6, 6.07) is 8.40. The smallest absolute Gasteiger partial charge is 0.327 e. The molecule has 0 aromatic heterocycles. The number of carbonyl (C=O) groups is 1. The molecule has 82 valence electrons. The lowest BCUT2D eigenvalue weighted by molar-refractivity contribution is -0.146. The van der Waals surface area contributed by atoms with Crippen LogP contribution in [0.4, 0.5) is 0 Å². The van der Waals surface area contributed by atoms with Crippen LogP contribution in [0.25, 0.3) is 0 Å². The van der Waals surface area contributed by atoms with E-state index in [4.69, 9.17) is 15.2 Å². The van der Waals surface area contributed by atoms with Crippen LogP contribution in [0, 0.1) is 0 Å². The van der Waals surface area contributed by atoms with Gasteiger partial charge in [0.15, 0.2) is 0 Å². The Labute approximate surface area is 89.0 Å². The van der Waals surface area contributed by atoms with Crippen LogP contribution in [-0.4, -0.2) is 26.3 Å². The van der Waals surface area contributed by atoms with E-state index in [0.717, 1.165) is 5.56 Å². The topological polar surface area (TPSA) is 61.5 Å². The van der Waals surface area contributed by atoms with E-state index in [-0.39, 0.29) is 6.61 Å². The van der Waals surface area contributed by atoms with Crippen LogP contribution >= 0.6 is 0 Å². The second-order valence-electron chi connectivity index (χ2n) is 3.05. The fourth-order valence-corrected chi connectivity index (χ4v) is 1.11. The number of methoxy groups -OCH3 is 1. The molecule has 0 amide bonds. The van der Waals surface area contributed by atoms with Crippen molar-refractivity contribution >= 4 is 5.97 Å². The minimum absolute atomic E-state index is 0.232. The Morgan fingerprint density at radius 2 is 2.00 bits per heavy atom. The van der Waals surface area contributed by atoms with Crippen LogP contribution in [0.3, 0.4) is 0 Å². The largest absolute Gasteiger partial charge is 0.462 e. The molecule has 1 aromatic rings. The highest BCUT2D eigenvalue weighted by Crippen LogP contribution is 2.10. The summed E-state index contributed by atoms with van der Waals surface area (Å²) in [5.41, 5.74) is 6.46. The van der Waals surface area contributed by atoms with Crippen LogP contribution in [0.5, 0.6) is 0 Å². The summed E-state index contributed by atoms with van der Waals surface area (Å²) in [4.78, 5) is 11.4. The molecular formula is C11H15NO3. The van der Waals surface area contributed by atoms with Gasteiger partial charge in [0, 0.05) is 7.11 Å². The van der Waals surface area contributed by atoms with Gasteiger partial charge in [0.25, 0.3) is 0 Å². The summed E-state index contributed by atoms with van der Waals surface area (Å²) in [7, 11) is 1.55. The van der Waals surface area contributed by atoms with E-state index in [9.17, 15) is 4.79 Å². The number of nitrogens with two attached hydrogens (primary N) is 1. The fraction of sp³-hybridized carbons (Fsp3) is 0.364. The summed E-state index contributed by atoms with van der Waals surface area (Å²) >= 11 is 0. The van der Waals surface area contributed by atoms with Crippen LogP contribution in [-0.2, 0) is 14.3 Å². The number of carbonyl (C=O) groups excluding carboxylic acids is 1. The molecule has 15 heavy (non-hydrogen) atoms. The molecule has 2 N–H and O–H groups in total. The van der Waals surface area contributed by atoms with E-state index in [1.54, 1.807) is 19.2 Å². The maximum Gasteiger partial charge on any atom is 0.327 e. The first-order valence-electron chi connectivity index (χ1n) is 4.72. The van der Waals surface area contributed by atoms with Gasteiger partial charge in [-0.15, -0.1) is 0 Å². The van der Waals surface area contributed by atoms with Crippen LogP contribution in [0.1, 0.15) is 11.6 Å². The van der Waals surface area contributed by atoms with Gasteiger partial charge in [0.1, 0.15) is 12.6 Å². The van der Waals surface area contributed by atoms with Gasteiger partial charge < -0.3 is 15.2 Å². The van der Waals surface area contributed by atoms with Gasteiger partial charge in [-0.3, -0.25) is 0 Å². The van der Waals surface area contributed by atoms with Crippen LogP contribution < -0.4 is 5.73 Å². The molecular weight excluding hydrogens is 194 g/mol. The van der Waals surface area contributed by atoms with Gasteiger partial charge in [-0.05, 0) is 5.56 Å². The van der Waals surface area contributed by atoms with Crippen LogP contribution in [0.2, 0.25) is 0 Å². The molecule has 0 fully saturated rings. The predicted octanol–water partition coefficient (Wildman–Crippen LogP) is 0.876. The average molecular weight is 209 g/mol. The van der Waals surface area contributed by atoms with Gasteiger partial charge in [0.2, 0.25) is 0 Å². The lowest BCUT2D eigenvalue weighted by Crippen LogP contribution is -2.24.